The Hall–Kier alpha value is -2.61. The quantitative estimate of drug-likeness (QED) is 0.561. The van der Waals surface area contributed by atoms with Crippen LogP contribution in [0.3, 0.4) is 0 Å². The van der Waals surface area contributed by atoms with Gasteiger partial charge in [0.2, 0.25) is 17.9 Å². The SMILES string of the molecule is C=C(CCNC(=O)CO[C@H]1C[C@@H](OC(F)(F)F)C1)n1cnc(C2=NC[C@H](C(F)(F)F)O2)c1. The third kappa shape index (κ3) is 6.69. The maximum absolute atomic E-state index is 12.7. The van der Waals surface area contributed by atoms with Crippen molar-refractivity contribution in [3.63, 3.8) is 0 Å². The molecule has 1 fully saturated rings. The van der Waals surface area contributed by atoms with E-state index >= 15 is 0 Å². The number of nitrogens with zero attached hydrogens (tertiary/aromatic N) is 3. The normalized spacial score (nSPS) is 23.3. The van der Waals surface area contributed by atoms with Gasteiger partial charge in [0.05, 0.1) is 25.1 Å². The van der Waals surface area contributed by atoms with Crippen molar-refractivity contribution >= 4 is 17.5 Å². The summed E-state index contributed by atoms with van der Waals surface area (Å²) in [6.45, 7) is 3.18. The predicted octanol–water partition coefficient (Wildman–Crippen LogP) is 2.65. The number of aliphatic imine (C=N–C) groups is 1. The number of carbonyl (C=O) groups excluding carboxylic acids is 1. The van der Waals surface area contributed by atoms with Crippen LogP contribution in [0.25, 0.3) is 5.70 Å². The molecule has 3 rings (SSSR count). The van der Waals surface area contributed by atoms with E-state index in [4.69, 9.17) is 9.47 Å². The van der Waals surface area contributed by atoms with E-state index in [-0.39, 0.29) is 37.6 Å². The molecule has 14 heteroatoms. The molecule has 1 atom stereocenters. The smallest absolute Gasteiger partial charge is 0.461 e. The minimum atomic E-state index is -4.69. The second-order valence-electron chi connectivity index (χ2n) is 7.22. The molecule has 2 aliphatic rings. The molecule has 8 nitrogen and oxygen atoms in total. The van der Waals surface area contributed by atoms with Gasteiger partial charge in [-0.05, 0) is 0 Å². The fourth-order valence-corrected chi connectivity index (χ4v) is 2.95. The van der Waals surface area contributed by atoms with Crippen molar-refractivity contribution in [1.29, 1.82) is 0 Å². The number of hydrogen-bond acceptors (Lipinski definition) is 6. The molecule has 0 spiro atoms. The third-order valence-corrected chi connectivity index (χ3v) is 4.72. The van der Waals surface area contributed by atoms with Crippen LogP contribution < -0.4 is 5.32 Å². The van der Waals surface area contributed by atoms with Crippen molar-refractivity contribution in [3.8, 4) is 0 Å². The van der Waals surface area contributed by atoms with Crippen LogP contribution in [0.15, 0.2) is 24.1 Å². The predicted molar refractivity (Wildman–Crippen MR) is 97.4 cm³/mol. The second kappa shape index (κ2) is 9.48. The minimum absolute atomic E-state index is 0.0608. The highest BCUT2D eigenvalue weighted by Crippen LogP contribution is 2.32. The summed E-state index contributed by atoms with van der Waals surface area (Å²) in [5, 5.41) is 2.58. The Morgan fingerprint density at radius 3 is 2.59 bits per heavy atom. The zero-order chi connectivity index (χ0) is 23.5. The van der Waals surface area contributed by atoms with Crippen LogP contribution in [-0.2, 0) is 19.0 Å². The molecule has 0 bridgehead atoms. The topological polar surface area (TPSA) is 87.0 Å². The Balaban J connectivity index is 1.32. The van der Waals surface area contributed by atoms with Crippen molar-refractivity contribution in [2.45, 2.75) is 50.1 Å². The molecule has 2 heterocycles. The zero-order valence-electron chi connectivity index (χ0n) is 16.6. The van der Waals surface area contributed by atoms with Gasteiger partial charge in [-0.1, -0.05) is 6.58 Å². The molecule has 0 saturated heterocycles. The lowest BCUT2D eigenvalue weighted by Crippen LogP contribution is -2.42. The van der Waals surface area contributed by atoms with E-state index in [2.05, 4.69) is 26.6 Å². The highest BCUT2D eigenvalue weighted by Gasteiger charge is 2.45. The number of rotatable bonds is 9. The molecule has 1 saturated carbocycles. The molecule has 1 aromatic heterocycles. The summed E-state index contributed by atoms with van der Waals surface area (Å²) >= 11 is 0. The number of halogens is 6. The van der Waals surface area contributed by atoms with Crippen LogP contribution in [0.2, 0.25) is 0 Å². The van der Waals surface area contributed by atoms with Crippen LogP contribution >= 0.6 is 0 Å². The number of ether oxygens (including phenoxy) is 3. The Labute approximate surface area is 178 Å². The van der Waals surface area contributed by atoms with Gasteiger partial charge in [0.15, 0.2) is 0 Å². The Morgan fingerprint density at radius 2 is 1.97 bits per heavy atom. The molecule has 1 aromatic rings. The van der Waals surface area contributed by atoms with Gasteiger partial charge in [-0.2, -0.15) is 13.2 Å². The molecule has 1 aliphatic carbocycles. The lowest BCUT2D eigenvalue weighted by atomic mass is 9.92. The number of aromatic nitrogens is 2. The van der Waals surface area contributed by atoms with Gasteiger partial charge in [0.25, 0.3) is 0 Å². The van der Waals surface area contributed by atoms with E-state index in [9.17, 15) is 31.1 Å². The van der Waals surface area contributed by atoms with E-state index in [1.165, 1.54) is 17.1 Å². The van der Waals surface area contributed by atoms with Gasteiger partial charge in [-0.3, -0.25) is 9.53 Å². The molecule has 0 unspecified atom stereocenters. The number of alkyl halides is 6. The minimum Gasteiger partial charge on any atom is -0.461 e. The molecular weight excluding hydrogens is 450 g/mol. The molecule has 1 N–H and O–H groups in total. The van der Waals surface area contributed by atoms with Gasteiger partial charge in [0, 0.05) is 37.7 Å². The second-order valence-corrected chi connectivity index (χ2v) is 7.22. The molecule has 178 valence electrons. The van der Waals surface area contributed by atoms with Gasteiger partial charge < -0.3 is 19.4 Å². The first-order chi connectivity index (χ1) is 14.9. The number of amides is 1. The molecule has 0 radical (unpaired) electrons. The standard InChI is InChI=1S/C18H20F6N4O4/c1-10(28-7-13(27-9-28)16-26-6-14(31-16)17(19,20)21)2-3-25-15(29)8-30-11-4-12(5-11)32-18(22,23)24/h7,9,11-12,14H,1-6,8H2,(H,25,29)/t11-,12+,14-/m1/s1. The van der Waals surface area contributed by atoms with Crippen LogP contribution in [-0.4, -0.2) is 71.9 Å². The maximum Gasteiger partial charge on any atom is 0.522 e. The summed E-state index contributed by atoms with van der Waals surface area (Å²) in [6.07, 6.45) is -9.44. The van der Waals surface area contributed by atoms with E-state index < -0.39 is 43.3 Å². The fourth-order valence-electron chi connectivity index (χ4n) is 2.95. The summed E-state index contributed by atoms with van der Waals surface area (Å²) in [5.41, 5.74) is 0.630. The summed E-state index contributed by atoms with van der Waals surface area (Å²) < 4.78 is 89.4. The number of carbonyl (C=O) groups is 1. The van der Waals surface area contributed by atoms with Crippen LogP contribution in [0.4, 0.5) is 26.3 Å². The monoisotopic (exact) mass is 470 g/mol. The van der Waals surface area contributed by atoms with Crippen LogP contribution in [0.5, 0.6) is 0 Å². The Bertz CT molecular complexity index is 860. The van der Waals surface area contributed by atoms with Crippen molar-refractivity contribution in [2.24, 2.45) is 4.99 Å². The molecule has 1 aliphatic heterocycles. The number of hydrogen-bond donors (Lipinski definition) is 1. The molecular formula is C18H20F6N4O4. The Kier molecular flexibility index (Phi) is 7.12. The van der Waals surface area contributed by atoms with Gasteiger partial charge >= 0.3 is 12.5 Å². The summed E-state index contributed by atoms with van der Waals surface area (Å²) in [5.74, 6) is -0.653. The third-order valence-electron chi connectivity index (χ3n) is 4.72. The van der Waals surface area contributed by atoms with Crippen molar-refractivity contribution in [2.75, 3.05) is 19.7 Å². The van der Waals surface area contributed by atoms with Gasteiger partial charge in [-0.25, -0.2) is 9.98 Å². The average molecular weight is 470 g/mol. The summed E-state index contributed by atoms with van der Waals surface area (Å²) in [4.78, 5) is 19.5. The van der Waals surface area contributed by atoms with E-state index in [0.717, 1.165) is 0 Å². The first-order valence-electron chi connectivity index (χ1n) is 9.54. The number of nitrogens with one attached hydrogen (secondary N) is 1. The van der Waals surface area contributed by atoms with Gasteiger partial charge in [-0.15, -0.1) is 13.2 Å². The first kappa shape index (κ1) is 24.0. The maximum atomic E-state index is 12.7. The highest BCUT2D eigenvalue weighted by molar-refractivity contribution is 5.93. The lowest BCUT2D eigenvalue weighted by molar-refractivity contribution is -0.357. The fraction of sp³-hybridized carbons (Fsp3) is 0.611. The molecule has 32 heavy (non-hydrogen) atoms. The van der Waals surface area contributed by atoms with Crippen molar-refractivity contribution < 1.29 is 45.3 Å². The van der Waals surface area contributed by atoms with E-state index in [1.54, 1.807) is 0 Å². The van der Waals surface area contributed by atoms with Crippen molar-refractivity contribution in [1.82, 2.24) is 14.9 Å². The highest BCUT2D eigenvalue weighted by atomic mass is 19.4. The average Bonchev–Trinajstić information content (AvgIpc) is 3.31. The molecule has 1 amide bonds. The van der Waals surface area contributed by atoms with Crippen molar-refractivity contribution in [3.05, 3.63) is 24.8 Å². The summed E-state index contributed by atoms with van der Waals surface area (Å²) in [7, 11) is 0. The first-order valence-corrected chi connectivity index (χ1v) is 9.54. The van der Waals surface area contributed by atoms with E-state index in [0.29, 0.717) is 12.1 Å². The summed E-state index contributed by atoms with van der Waals surface area (Å²) in [6, 6.07) is 0. The Morgan fingerprint density at radius 1 is 1.25 bits per heavy atom. The number of imidazole rings is 1. The lowest BCUT2D eigenvalue weighted by Gasteiger charge is -2.34. The van der Waals surface area contributed by atoms with E-state index in [1.807, 2.05) is 0 Å². The zero-order valence-corrected chi connectivity index (χ0v) is 16.6. The van der Waals surface area contributed by atoms with Crippen LogP contribution in [0.1, 0.15) is 25.0 Å². The van der Waals surface area contributed by atoms with Gasteiger partial charge in [0.1, 0.15) is 12.3 Å². The van der Waals surface area contributed by atoms with Crippen LogP contribution in [0, 0.1) is 0 Å². The largest absolute Gasteiger partial charge is 0.522 e. The molecule has 0 aromatic carbocycles.